The van der Waals surface area contributed by atoms with Crippen molar-refractivity contribution < 1.29 is 0 Å². The Morgan fingerprint density at radius 3 is 3.06 bits per heavy atom. The molecule has 0 amide bonds. The number of hydrogen-bond acceptors (Lipinski definition) is 3. The highest BCUT2D eigenvalue weighted by molar-refractivity contribution is 5.39. The van der Waals surface area contributed by atoms with Gasteiger partial charge in [-0.25, -0.2) is 9.97 Å². The summed E-state index contributed by atoms with van der Waals surface area (Å²) in [6.45, 7) is 1.80. The second-order valence-corrected chi connectivity index (χ2v) is 5.09. The maximum atomic E-state index is 4.76. The Kier molecular flexibility index (Phi) is 2.20. The summed E-state index contributed by atoms with van der Waals surface area (Å²) in [6.07, 6.45) is 4.30. The van der Waals surface area contributed by atoms with Crippen LogP contribution in [0.15, 0.2) is 30.5 Å². The Morgan fingerprint density at radius 2 is 2.06 bits per heavy atom. The molecule has 18 heavy (non-hydrogen) atoms. The van der Waals surface area contributed by atoms with E-state index in [1.165, 1.54) is 22.4 Å². The second kappa shape index (κ2) is 3.89. The fourth-order valence-corrected chi connectivity index (χ4v) is 3.07. The van der Waals surface area contributed by atoms with Crippen LogP contribution in [0, 0.1) is 0 Å². The molecule has 0 fully saturated rings. The predicted molar refractivity (Wildman–Crippen MR) is 69.2 cm³/mol. The average Bonchev–Trinajstić information content (AvgIpc) is 3.04. The Bertz CT molecular complexity index is 606. The SMILES string of the molecule is c1ccc2c(c1)CCC2c1ncc2c(n1)CNC2. The predicted octanol–water partition coefficient (Wildman–Crippen LogP) is 2.16. The van der Waals surface area contributed by atoms with E-state index >= 15 is 0 Å². The molecule has 2 aromatic rings. The smallest absolute Gasteiger partial charge is 0.136 e. The zero-order valence-electron chi connectivity index (χ0n) is 10.2. The van der Waals surface area contributed by atoms with Crippen molar-refractivity contribution in [3.8, 4) is 0 Å². The van der Waals surface area contributed by atoms with Gasteiger partial charge in [0.25, 0.3) is 0 Å². The van der Waals surface area contributed by atoms with Gasteiger partial charge in [-0.15, -0.1) is 0 Å². The minimum absolute atomic E-state index is 0.395. The molecule has 1 aliphatic heterocycles. The van der Waals surface area contributed by atoms with Gasteiger partial charge >= 0.3 is 0 Å². The topological polar surface area (TPSA) is 37.8 Å². The van der Waals surface area contributed by atoms with Crippen LogP contribution in [0.4, 0.5) is 0 Å². The van der Waals surface area contributed by atoms with Crippen LogP contribution >= 0.6 is 0 Å². The van der Waals surface area contributed by atoms with Gasteiger partial charge in [0.1, 0.15) is 5.82 Å². The quantitative estimate of drug-likeness (QED) is 0.826. The number of aryl methyl sites for hydroxylation is 1. The van der Waals surface area contributed by atoms with Gasteiger partial charge in [0.2, 0.25) is 0 Å². The zero-order valence-corrected chi connectivity index (χ0v) is 10.2. The first kappa shape index (κ1) is 10.2. The summed E-state index contributed by atoms with van der Waals surface area (Å²) >= 11 is 0. The van der Waals surface area contributed by atoms with Crippen LogP contribution in [-0.4, -0.2) is 9.97 Å². The molecule has 1 N–H and O–H groups in total. The van der Waals surface area contributed by atoms with Gasteiger partial charge in [-0.2, -0.15) is 0 Å². The minimum Gasteiger partial charge on any atom is -0.307 e. The van der Waals surface area contributed by atoms with Gasteiger partial charge in [0.15, 0.2) is 0 Å². The van der Waals surface area contributed by atoms with Crippen LogP contribution in [0.5, 0.6) is 0 Å². The lowest BCUT2D eigenvalue weighted by molar-refractivity contribution is 0.715. The zero-order chi connectivity index (χ0) is 11.9. The first-order chi connectivity index (χ1) is 8.92. The maximum absolute atomic E-state index is 4.76. The van der Waals surface area contributed by atoms with Gasteiger partial charge in [0.05, 0.1) is 5.69 Å². The lowest BCUT2D eigenvalue weighted by Gasteiger charge is -2.11. The molecule has 1 atom stereocenters. The van der Waals surface area contributed by atoms with Crippen molar-refractivity contribution in [1.29, 1.82) is 0 Å². The maximum Gasteiger partial charge on any atom is 0.136 e. The number of aromatic nitrogens is 2. The largest absolute Gasteiger partial charge is 0.307 e. The van der Waals surface area contributed by atoms with Crippen molar-refractivity contribution in [3.63, 3.8) is 0 Å². The molecule has 0 saturated heterocycles. The fraction of sp³-hybridized carbons (Fsp3) is 0.333. The van der Waals surface area contributed by atoms with E-state index in [2.05, 4.69) is 34.6 Å². The molecular formula is C15H15N3. The number of nitrogens with zero attached hydrogens (tertiary/aromatic N) is 2. The van der Waals surface area contributed by atoms with Crippen molar-refractivity contribution in [1.82, 2.24) is 15.3 Å². The van der Waals surface area contributed by atoms with Crippen LogP contribution in [0.1, 0.15) is 40.5 Å². The number of benzene rings is 1. The molecule has 2 heterocycles. The minimum atomic E-state index is 0.395. The lowest BCUT2D eigenvalue weighted by atomic mass is 10.0. The molecule has 1 aromatic heterocycles. The van der Waals surface area contributed by atoms with Gasteiger partial charge in [-0.3, -0.25) is 0 Å². The summed E-state index contributed by atoms with van der Waals surface area (Å²) in [7, 11) is 0. The van der Waals surface area contributed by atoms with Gasteiger partial charge in [-0.05, 0) is 24.0 Å². The van der Waals surface area contributed by atoms with Crippen molar-refractivity contribution in [2.75, 3.05) is 0 Å². The van der Waals surface area contributed by atoms with Crippen LogP contribution in [0.3, 0.4) is 0 Å². The molecule has 0 spiro atoms. The van der Waals surface area contributed by atoms with E-state index in [0.29, 0.717) is 5.92 Å². The first-order valence-electron chi connectivity index (χ1n) is 6.55. The summed E-state index contributed by atoms with van der Waals surface area (Å²) in [5, 5.41) is 3.32. The third-order valence-corrected chi connectivity index (χ3v) is 4.03. The van der Waals surface area contributed by atoms with E-state index in [0.717, 1.165) is 31.8 Å². The summed E-state index contributed by atoms with van der Waals surface area (Å²) < 4.78 is 0. The molecule has 0 saturated carbocycles. The van der Waals surface area contributed by atoms with E-state index in [-0.39, 0.29) is 0 Å². The third-order valence-electron chi connectivity index (χ3n) is 4.03. The normalized spacial score (nSPS) is 20.8. The van der Waals surface area contributed by atoms with Crippen molar-refractivity contribution >= 4 is 0 Å². The summed E-state index contributed by atoms with van der Waals surface area (Å²) in [4.78, 5) is 9.34. The molecule has 0 bridgehead atoms. The van der Waals surface area contributed by atoms with Crippen molar-refractivity contribution in [2.24, 2.45) is 0 Å². The first-order valence-corrected chi connectivity index (χ1v) is 6.55. The van der Waals surface area contributed by atoms with Crippen LogP contribution < -0.4 is 5.32 Å². The summed E-state index contributed by atoms with van der Waals surface area (Å²) in [5.41, 5.74) is 5.32. The van der Waals surface area contributed by atoms with E-state index in [1.54, 1.807) is 0 Å². The fourth-order valence-electron chi connectivity index (χ4n) is 3.07. The number of hydrogen-bond donors (Lipinski definition) is 1. The van der Waals surface area contributed by atoms with Crippen molar-refractivity contribution in [3.05, 3.63) is 58.7 Å². The lowest BCUT2D eigenvalue weighted by Crippen LogP contribution is -2.05. The standard InChI is InChI=1S/C15H15N3/c1-2-4-12-10(3-1)5-6-13(12)15-17-8-11-7-16-9-14(11)18-15/h1-4,8,13,16H,5-7,9H2. The highest BCUT2D eigenvalue weighted by atomic mass is 15.0. The van der Waals surface area contributed by atoms with E-state index in [1.807, 2.05) is 6.20 Å². The Labute approximate surface area is 106 Å². The Hall–Kier alpha value is -1.74. The molecule has 90 valence electrons. The van der Waals surface area contributed by atoms with E-state index < -0.39 is 0 Å². The molecular weight excluding hydrogens is 222 g/mol. The number of nitrogens with one attached hydrogen (secondary N) is 1. The molecule has 3 nitrogen and oxygen atoms in total. The molecule has 4 rings (SSSR count). The van der Waals surface area contributed by atoms with E-state index in [4.69, 9.17) is 4.98 Å². The van der Waals surface area contributed by atoms with Gasteiger partial charge in [-0.1, -0.05) is 24.3 Å². The van der Waals surface area contributed by atoms with Crippen LogP contribution in [-0.2, 0) is 19.5 Å². The average molecular weight is 237 g/mol. The highest BCUT2D eigenvalue weighted by Gasteiger charge is 2.26. The second-order valence-electron chi connectivity index (χ2n) is 5.09. The van der Waals surface area contributed by atoms with Crippen LogP contribution in [0.2, 0.25) is 0 Å². The Balaban J connectivity index is 1.77. The third kappa shape index (κ3) is 1.47. The monoisotopic (exact) mass is 237 g/mol. The number of fused-ring (bicyclic) bond motifs is 2. The van der Waals surface area contributed by atoms with Crippen molar-refractivity contribution in [2.45, 2.75) is 31.8 Å². The molecule has 2 aliphatic rings. The molecule has 3 heteroatoms. The molecule has 1 unspecified atom stereocenters. The Morgan fingerprint density at radius 1 is 1.11 bits per heavy atom. The summed E-state index contributed by atoms with van der Waals surface area (Å²) in [6, 6.07) is 8.69. The van der Waals surface area contributed by atoms with Gasteiger partial charge < -0.3 is 5.32 Å². The number of rotatable bonds is 1. The van der Waals surface area contributed by atoms with E-state index in [9.17, 15) is 0 Å². The van der Waals surface area contributed by atoms with Crippen LogP contribution in [0.25, 0.3) is 0 Å². The summed E-state index contributed by atoms with van der Waals surface area (Å²) in [5.74, 6) is 1.40. The molecule has 0 radical (unpaired) electrons. The molecule has 1 aliphatic carbocycles. The highest BCUT2D eigenvalue weighted by Crippen LogP contribution is 2.36. The molecule has 1 aromatic carbocycles. The van der Waals surface area contributed by atoms with Gasteiger partial charge in [0, 0.05) is 30.8 Å².